The lowest BCUT2D eigenvalue weighted by atomic mass is 9.78. The minimum atomic E-state index is -0.750. The average Bonchev–Trinajstić information content (AvgIpc) is 3.03. The fourth-order valence-corrected chi connectivity index (χ4v) is 4.88. The average molecular weight is 506 g/mol. The molecule has 2 aromatic rings. The van der Waals surface area contributed by atoms with Gasteiger partial charge in [0.15, 0.2) is 5.78 Å². The lowest BCUT2D eigenvalue weighted by Gasteiger charge is -2.30. The van der Waals surface area contributed by atoms with Crippen LogP contribution in [0.1, 0.15) is 34.1 Å². The van der Waals surface area contributed by atoms with Crippen molar-refractivity contribution < 1.29 is 19.2 Å². The number of nitrogens with zero attached hydrogens (tertiary/aromatic N) is 2. The number of amides is 3. The highest BCUT2D eigenvalue weighted by Gasteiger charge is 2.53. The number of imide groups is 1. The first-order valence-corrected chi connectivity index (χ1v) is 11.4. The van der Waals surface area contributed by atoms with Gasteiger partial charge in [0.05, 0.1) is 22.4 Å². The number of rotatable bonds is 5. The van der Waals surface area contributed by atoms with Crippen LogP contribution in [0.2, 0.25) is 15.1 Å². The molecule has 0 unspecified atom stereocenters. The minimum absolute atomic E-state index is 0.0200. The Labute approximate surface area is 205 Å². The maximum atomic E-state index is 13.5. The Bertz CT molecular complexity index is 1180. The predicted octanol–water partition coefficient (Wildman–Crippen LogP) is 5.08. The van der Waals surface area contributed by atoms with Gasteiger partial charge in [-0.15, -0.1) is 0 Å². The standard InChI is InChI=1S/C24H19Cl3N2O4/c1-13-3-2-4-18-21(13)24(33)29(23(18)32)28(12-20(30)14-5-7-15(25)8-6-14)22(31)17-10-9-16(26)11-19(17)27/h2-3,5-11,13,18,21H,4,12H2,1H3/t13-,18+,21+/m1/s1. The fourth-order valence-electron chi connectivity index (χ4n) is 4.27. The van der Waals surface area contributed by atoms with Gasteiger partial charge in [-0.1, -0.05) is 53.9 Å². The Balaban J connectivity index is 1.73. The Hall–Kier alpha value is -2.67. The zero-order valence-electron chi connectivity index (χ0n) is 17.5. The van der Waals surface area contributed by atoms with Crippen molar-refractivity contribution in [1.29, 1.82) is 0 Å². The maximum Gasteiger partial charge on any atom is 0.274 e. The van der Waals surface area contributed by atoms with Crippen LogP contribution in [0.3, 0.4) is 0 Å². The summed E-state index contributed by atoms with van der Waals surface area (Å²) in [7, 11) is 0. The molecule has 1 fully saturated rings. The second kappa shape index (κ2) is 9.29. The third-order valence-electron chi connectivity index (χ3n) is 5.95. The van der Waals surface area contributed by atoms with Crippen LogP contribution in [0.4, 0.5) is 0 Å². The highest BCUT2D eigenvalue weighted by Crippen LogP contribution is 2.39. The summed E-state index contributed by atoms with van der Waals surface area (Å²) in [5.41, 5.74) is 0.303. The van der Waals surface area contributed by atoms with Crippen LogP contribution in [0, 0.1) is 17.8 Å². The summed E-state index contributed by atoms with van der Waals surface area (Å²) in [4.78, 5) is 53.2. The van der Waals surface area contributed by atoms with Crippen molar-refractivity contribution in [3.8, 4) is 0 Å². The zero-order valence-corrected chi connectivity index (χ0v) is 19.8. The molecule has 170 valence electrons. The number of hydrogen-bond acceptors (Lipinski definition) is 4. The topological polar surface area (TPSA) is 74.8 Å². The van der Waals surface area contributed by atoms with Crippen LogP contribution in [-0.4, -0.2) is 40.1 Å². The molecule has 0 radical (unpaired) electrons. The van der Waals surface area contributed by atoms with E-state index in [0.29, 0.717) is 16.5 Å². The summed E-state index contributed by atoms with van der Waals surface area (Å²) < 4.78 is 0. The largest absolute Gasteiger partial charge is 0.292 e. The van der Waals surface area contributed by atoms with Gasteiger partial charge < -0.3 is 0 Å². The van der Waals surface area contributed by atoms with Gasteiger partial charge in [0.2, 0.25) is 0 Å². The third-order valence-corrected chi connectivity index (χ3v) is 6.75. The number of fused-ring (bicyclic) bond motifs is 1. The van der Waals surface area contributed by atoms with Gasteiger partial charge in [-0.05, 0) is 54.8 Å². The summed E-state index contributed by atoms with van der Waals surface area (Å²) in [6, 6.07) is 10.4. The molecular formula is C24H19Cl3N2O4. The molecule has 0 saturated carbocycles. The molecule has 2 aromatic carbocycles. The molecule has 4 rings (SSSR count). The van der Waals surface area contributed by atoms with E-state index in [1.54, 1.807) is 12.1 Å². The Morgan fingerprint density at radius 3 is 2.30 bits per heavy atom. The van der Waals surface area contributed by atoms with Crippen LogP contribution >= 0.6 is 34.8 Å². The molecule has 6 nitrogen and oxygen atoms in total. The zero-order chi connectivity index (χ0) is 23.9. The van der Waals surface area contributed by atoms with E-state index in [1.165, 1.54) is 30.3 Å². The van der Waals surface area contributed by atoms with Gasteiger partial charge in [0.25, 0.3) is 17.7 Å². The molecule has 0 aromatic heterocycles. The number of benzene rings is 2. The molecular weight excluding hydrogens is 487 g/mol. The quantitative estimate of drug-likeness (QED) is 0.322. The summed E-state index contributed by atoms with van der Waals surface area (Å²) in [6.45, 7) is 1.32. The van der Waals surface area contributed by atoms with E-state index >= 15 is 0 Å². The molecule has 3 amide bonds. The molecule has 0 bridgehead atoms. The number of carbonyl (C=O) groups is 4. The van der Waals surface area contributed by atoms with Crippen molar-refractivity contribution in [3.63, 3.8) is 0 Å². The van der Waals surface area contributed by atoms with E-state index in [0.717, 1.165) is 10.0 Å². The second-order valence-electron chi connectivity index (χ2n) is 8.06. The van der Waals surface area contributed by atoms with Crippen molar-refractivity contribution >= 4 is 58.3 Å². The van der Waals surface area contributed by atoms with Crippen molar-refractivity contribution in [2.24, 2.45) is 17.8 Å². The molecule has 0 N–H and O–H groups in total. The fraction of sp³-hybridized carbons (Fsp3) is 0.250. The van der Waals surface area contributed by atoms with Crippen LogP contribution in [0.15, 0.2) is 54.6 Å². The molecule has 3 atom stereocenters. The second-order valence-corrected chi connectivity index (χ2v) is 9.34. The lowest BCUT2D eigenvalue weighted by molar-refractivity contribution is -0.154. The summed E-state index contributed by atoms with van der Waals surface area (Å²) in [6.07, 6.45) is 4.14. The molecule has 0 spiro atoms. The predicted molar refractivity (Wildman–Crippen MR) is 125 cm³/mol. The molecule has 1 aliphatic heterocycles. The smallest absolute Gasteiger partial charge is 0.274 e. The van der Waals surface area contributed by atoms with Crippen molar-refractivity contribution in [3.05, 3.63) is 80.8 Å². The first-order valence-electron chi connectivity index (χ1n) is 10.3. The number of carbonyl (C=O) groups excluding carboxylic acids is 4. The minimum Gasteiger partial charge on any atom is -0.292 e. The van der Waals surface area contributed by atoms with Gasteiger partial charge >= 0.3 is 0 Å². The number of hydrogen-bond donors (Lipinski definition) is 0. The van der Waals surface area contributed by atoms with E-state index in [1.807, 2.05) is 19.1 Å². The number of hydrazine groups is 1. The number of Topliss-reactive ketones (excluding diaryl/α,β-unsaturated/α-hetero) is 1. The van der Waals surface area contributed by atoms with Crippen LogP contribution in [0.25, 0.3) is 0 Å². The van der Waals surface area contributed by atoms with E-state index in [2.05, 4.69) is 0 Å². The number of ketones is 1. The number of halogens is 3. The molecule has 1 saturated heterocycles. The van der Waals surface area contributed by atoms with Gasteiger partial charge in [-0.2, -0.15) is 5.01 Å². The lowest BCUT2D eigenvalue weighted by Crippen LogP contribution is -2.52. The number of allylic oxidation sites excluding steroid dienone is 2. The summed E-state index contributed by atoms with van der Waals surface area (Å²) in [5, 5.41) is 2.52. The van der Waals surface area contributed by atoms with Crippen LogP contribution in [-0.2, 0) is 9.59 Å². The van der Waals surface area contributed by atoms with Crippen LogP contribution < -0.4 is 0 Å². The Kier molecular flexibility index (Phi) is 6.61. The SMILES string of the molecule is C[C@@H]1C=CC[C@@H]2C(=O)N(N(CC(=O)c3ccc(Cl)cc3)C(=O)c3ccc(Cl)cc3Cl)C(=O)[C@@H]12. The molecule has 2 aliphatic rings. The highest BCUT2D eigenvalue weighted by atomic mass is 35.5. The van der Waals surface area contributed by atoms with Gasteiger partial charge in [-0.25, -0.2) is 5.01 Å². The molecule has 1 aliphatic carbocycles. The molecule has 33 heavy (non-hydrogen) atoms. The van der Waals surface area contributed by atoms with E-state index in [-0.39, 0.29) is 22.1 Å². The first kappa shape index (κ1) is 23.5. The van der Waals surface area contributed by atoms with Gasteiger partial charge in [0.1, 0.15) is 6.54 Å². The molecule has 9 heteroatoms. The van der Waals surface area contributed by atoms with Gasteiger partial charge in [-0.3, -0.25) is 19.2 Å². The van der Waals surface area contributed by atoms with Crippen LogP contribution in [0.5, 0.6) is 0 Å². The van der Waals surface area contributed by atoms with E-state index in [9.17, 15) is 19.2 Å². The summed E-state index contributed by atoms with van der Waals surface area (Å²) >= 11 is 18.1. The third kappa shape index (κ3) is 4.43. The van der Waals surface area contributed by atoms with Gasteiger partial charge in [0, 0.05) is 15.6 Å². The Morgan fingerprint density at radius 1 is 1.00 bits per heavy atom. The van der Waals surface area contributed by atoms with Crippen molar-refractivity contribution in [2.75, 3.05) is 6.54 Å². The van der Waals surface area contributed by atoms with E-state index < -0.39 is 41.9 Å². The van der Waals surface area contributed by atoms with Crippen molar-refractivity contribution in [2.45, 2.75) is 13.3 Å². The monoisotopic (exact) mass is 504 g/mol. The summed E-state index contributed by atoms with van der Waals surface area (Å²) in [5.74, 6) is -3.59. The normalized spacial score (nSPS) is 21.8. The van der Waals surface area contributed by atoms with Crippen molar-refractivity contribution in [1.82, 2.24) is 10.0 Å². The van der Waals surface area contributed by atoms with E-state index in [4.69, 9.17) is 34.8 Å². The highest BCUT2D eigenvalue weighted by molar-refractivity contribution is 6.36. The Morgan fingerprint density at radius 2 is 1.67 bits per heavy atom. The first-order chi connectivity index (χ1) is 15.7. The maximum absolute atomic E-state index is 13.5. The molecule has 1 heterocycles.